The molecule has 16 heavy (non-hydrogen) atoms. The summed E-state index contributed by atoms with van der Waals surface area (Å²) in [5, 5.41) is 29.0. The minimum atomic E-state index is -1.08. The highest BCUT2D eigenvalue weighted by Crippen LogP contribution is 2.26. The van der Waals surface area contributed by atoms with E-state index in [2.05, 4.69) is 13.8 Å². The molecule has 0 spiro atoms. The maximum Gasteiger partial charge on any atom is 0.106 e. The smallest absolute Gasteiger partial charge is 0.106 e. The lowest BCUT2D eigenvalue weighted by atomic mass is 9.85. The normalized spacial score (nSPS) is 14.1. The van der Waals surface area contributed by atoms with Gasteiger partial charge in [-0.3, -0.25) is 0 Å². The van der Waals surface area contributed by atoms with Crippen LogP contribution >= 0.6 is 0 Å². The summed E-state index contributed by atoms with van der Waals surface area (Å²) < 4.78 is 0. The molecule has 1 atom stereocenters. The number of hydrogen-bond acceptors (Lipinski definition) is 3. The van der Waals surface area contributed by atoms with Crippen molar-refractivity contribution in [2.45, 2.75) is 76.9 Å². The molecule has 3 N–H and O–H groups in total. The third-order valence-electron chi connectivity index (χ3n) is 3.22. The number of rotatable bonds is 10. The SMILES string of the molecule is CCCCCC(O)(CCCCC)[C@@H](O)CO. The molecule has 98 valence electrons. The van der Waals surface area contributed by atoms with Crippen molar-refractivity contribution in [1.82, 2.24) is 0 Å². The monoisotopic (exact) mass is 232 g/mol. The van der Waals surface area contributed by atoms with Crippen LogP contribution in [0.4, 0.5) is 0 Å². The first-order valence-corrected chi connectivity index (χ1v) is 6.62. The third-order valence-corrected chi connectivity index (χ3v) is 3.22. The van der Waals surface area contributed by atoms with Gasteiger partial charge >= 0.3 is 0 Å². The molecule has 0 aromatic rings. The lowest BCUT2D eigenvalue weighted by molar-refractivity contribution is -0.106. The highest BCUT2D eigenvalue weighted by molar-refractivity contribution is 4.86. The van der Waals surface area contributed by atoms with E-state index in [9.17, 15) is 10.2 Å². The molecule has 0 fully saturated rings. The minimum absolute atomic E-state index is 0.352. The molecule has 0 rings (SSSR count). The van der Waals surface area contributed by atoms with Gasteiger partial charge in [0, 0.05) is 0 Å². The molecule has 0 aromatic heterocycles. The Morgan fingerprint density at radius 2 is 1.38 bits per heavy atom. The van der Waals surface area contributed by atoms with Gasteiger partial charge in [0.2, 0.25) is 0 Å². The average molecular weight is 232 g/mol. The van der Waals surface area contributed by atoms with Crippen LogP contribution < -0.4 is 0 Å². The van der Waals surface area contributed by atoms with E-state index in [1.54, 1.807) is 0 Å². The van der Waals surface area contributed by atoms with Gasteiger partial charge in [0.05, 0.1) is 12.2 Å². The molecule has 0 saturated heterocycles. The first kappa shape index (κ1) is 15.9. The fourth-order valence-corrected chi connectivity index (χ4v) is 1.99. The zero-order valence-electron chi connectivity index (χ0n) is 10.8. The Bertz CT molecular complexity index is 149. The Labute approximate surface area is 99.5 Å². The van der Waals surface area contributed by atoms with Crippen LogP contribution in [0.5, 0.6) is 0 Å². The molecule has 3 nitrogen and oxygen atoms in total. The fraction of sp³-hybridized carbons (Fsp3) is 1.00. The maximum absolute atomic E-state index is 10.3. The predicted molar refractivity (Wildman–Crippen MR) is 66.3 cm³/mol. The molecule has 0 heterocycles. The standard InChI is InChI=1S/C13H28O3/c1-3-5-7-9-13(16,12(15)11-14)10-8-6-4-2/h12,14-16H,3-11H2,1-2H3/t12-/m0/s1. The maximum atomic E-state index is 10.3. The van der Waals surface area contributed by atoms with Gasteiger partial charge in [0.25, 0.3) is 0 Å². The second-order valence-electron chi connectivity index (χ2n) is 4.72. The summed E-state index contributed by atoms with van der Waals surface area (Å²) >= 11 is 0. The van der Waals surface area contributed by atoms with Crippen molar-refractivity contribution in [3.63, 3.8) is 0 Å². The second-order valence-corrected chi connectivity index (χ2v) is 4.72. The van der Waals surface area contributed by atoms with Crippen LogP contribution in [0, 0.1) is 0 Å². The Morgan fingerprint density at radius 3 is 1.69 bits per heavy atom. The Morgan fingerprint density at radius 1 is 0.938 bits per heavy atom. The van der Waals surface area contributed by atoms with E-state index in [-0.39, 0.29) is 6.61 Å². The second kappa shape index (κ2) is 8.97. The predicted octanol–water partition coefficient (Wildman–Crippen LogP) is 2.23. The van der Waals surface area contributed by atoms with E-state index in [0.29, 0.717) is 12.8 Å². The van der Waals surface area contributed by atoms with Crippen LogP contribution in [-0.4, -0.2) is 33.6 Å². The Kier molecular flexibility index (Phi) is 8.90. The Balaban J connectivity index is 4.13. The molecule has 0 amide bonds. The zero-order valence-corrected chi connectivity index (χ0v) is 10.8. The van der Waals surface area contributed by atoms with Crippen molar-refractivity contribution >= 4 is 0 Å². The summed E-state index contributed by atoms with van der Waals surface area (Å²) in [6.07, 6.45) is 6.33. The average Bonchev–Trinajstić information content (AvgIpc) is 2.28. The molecular weight excluding hydrogens is 204 g/mol. The number of aliphatic hydroxyl groups excluding tert-OH is 2. The van der Waals surface area contributed by atoms with Gasteiger partial charge in [-0.1, -0.05) is 52.4 Å². The van der Waals surface area contributed by atoms with Gasteiger partial charge in [-0.25, -0.2) is 0 Å². The number of unbranched alkanes of at least 4 members (excludes halogenated alkanes) is 4. The van der Waals surface area contributed by atoms with E-state index in [4.69, 9.17) is 5.11 Å². The number of hydrogen-bond donors (Lipinski definition) is 3. The molecule has 0 aliphatic heterocycles. The molecule has 0 aliphatic carbocycles. The molecular formula is C13H28O3. The third kappa shape index (κ3) is 5.83. The summed E-state index contributed by atoms with van der Waals surface area (Å²) in [5.74, 6) is 0. The van der Waals surface area contributed by atoms with Crippen molar-refractivity contribution in [3.8, 4) is 0 Å². The van der Waals surface area contributed by atoms with Crippen LogP contribution in [0.2, 0.25) is 0 Å². The van der Waals surface area contributed by atoms with Crippen molar-refractivity contribution in [2.75, 3.05) is 6.61 Å². The molecule has 0 unspecified atom stereocenters. The highest BCUT2D eigenvalue weighted by atomic mass is 16.4. The summed E-state index contributed by atoms with van der Waals surface area (Å²) in [6.45, 7) is 3.87. The molecule has 0 saturated carbocycles. The summed E-state index contributed by atoms with van der Waals surface area (Å²) in [7, 11) is 0. The topological polar surface area (TPSA) is 60.7 Å². The van der Waals surface area contributed by atoms with Crippen LogP contribution in [0.1, 0.15) is 65.2 Å². The Hall–Kier alpha value is -0.120. The van der Waals surface area contributed by atoms with Crippen molar-refractivity contribution in [1.29, 1.82) is 0 Å². The fourth-order valence-electron chi connectivity index (χ4n) is 1.99. The molecule has 3 heteroatoms. The van der Waals surface area contributed by atoms with Crippen molar-refractivity contribution in [3.05, 3.63) is 0 Å². The van der Waals surface area contributed by atoms with E-state index >= 15 is 0 Å². The van der Waals surface area contributed by atoms with Gasteiger partial charge in [-0.15, -0.1) is 0 Å². The van der Waals surface area contributed by atoms with Crippen LogP contribution in [0.25, 0.3) is 0 Å². The van der Waals surface area contributed by atoms with Gasteiger partial charge in [0.1, 0.15) is 6.10 Å². The summed E-state index contributed by atoms with van der Waals surface area (Å²) in [5.41, 5.74) is -1.08. The minimum Gasteiger partial charge on any atom is -0.394 e. The largest absolute Gasteiger partial charge is 0.394 e. The molecule has 0 aliphatic rings. The highest BCUT2D eigenvalue weighted by Gasteiger charge is 2.33. The molecule has 0 bridgehead atoms. The van der Waals surface area contributed by atoms with E-state index in [1.807, 2.05) is 0 Å². The van der Waals surface area contributed by atoms with E-state index < -0.39 is 11.7 Å². The lowest BCUT2D eigenvalue weighted by Crippen LogP contribution is -2.44. The van der Waals surface area contributed by atoms with Crippen LogP contribution in [-0.2, 0) is 0 Å². The first-order chi connectivity index (χ1) is 7.60. The zero-order chi connectivity index (χ0) is 12.4. The van der Waals surface area contributed by atoms with E-state index in [0.717, 1.165) is 38.5 Å². The van der Waals surface area contributed by atoms with Crippen molar-refractivity contribution < 1.29 is 15.3 Å². The van der Waals surface area contributed by atoms with Gasteiger partial charge in [-0.05, 0) is 12.8 Å². The summed E-state index contributed by atoms with van der Waals surface area (Å²) in [6, 6.07) is 0. The summed E-state index contributed by atoms with van der Waals surface area (Å²) in [4.78, 5) is 0. The quantitative estimate of drug-likeness (QED) is 0.506. The molecule has 0 aromatic carbocycles. The van der Waals surface area contributed by atoms with E-state index in [1.165, 1.54) is 0 Å². The number of aliphatic hydroxyl groups is 3. The van der Waals surface area contributed by atoms with Crippen molar-refractivity contribution in [2.24, 2.45) is 0 Å². The van der Waals surface area contributed by atoms with Gasteiger partial charge < -0.3 is 15.3 Å². The van der Waals surface area contributed by atoms with Crippen LogP contribution in [0.3, 0.4) is 0 Å². The van der Waals surface area contributed by atoms with Gasteiger partial charge in [-0.2, -0.15) is 0 Å². The lowest BCUT2D eigenvalue weighted by Gasteiger charge is -2.32. The first-order valence-electron chi connectivity index (χ1n) is 6.62. The van der Waals surface area contributed by atoms with Gasteiger partial charge in [0.15, 0.2) is 0 Å². The van der Waals surface area contributed by atoms with Crippen LogP contribution in [0.15, 0.2) is 0 Å². The molecule has 0 radical (unpaired) electrons.